The van der Waals surface area contributed by atoms with Crippen molar-refractivity contribution in [3.8, 4) is 0 Å². The van der Waals surface area contributed by atoms with E-state index in [-0.39, 0.29) is 11.7 Å². The minimum atomic E-state index is -2.84. The number of hydrogen-bond acceptors (Lipinski definition) is 2. The van der Waals surface area contributed by atoms with E-state index in [1.165, 1.54) is 12.5 Å². The summed E-state index contributed by atoms with van der Waals surface area (Å²) >= 11 is 0. The number of nitrogens with two attached hydrogens (primary N) is 1. The standard InChI is InChI=1S/C11H22N2O2S/c1-5-9(2)6-7-10(3)8-16(12,15)13-11(4)14/h6,10H,5,7-8H2,1-4H3,(H2,12,13,14,15)/b9-6-/t10-,16?/m0/s1. The van der Waals surface area contributed by atoms with Gasteiger partial charge in [0.15, 0.2) is 0 Å². The molecule has 0 aromatic rings. The van der Waals surface area contributed by atoms with Gasteiger partial charge < -0.3 is 0 Å². The molecular weight excluding hydrogens is 224 g/mol. The number of hydrogen-bond donors (Lipinski definition) is 1. The van der Waals surface area contributed by atoms with Crippen LogP contribution in [-0.2, 0) is 14.7 Å². The highest BCUT2D eigenvalue weighted by molar-refractivity contribution is 7.91. The second-order valence-corrected chi connectivity index (χ2v) is 6.11. The zero-order valence-corrected chi connectivity index (χ0v) is 11.3. The normalized spacial score (nSPS) is 17.7. The SMILES string of the molecule is CC/C(C)=C\C[C@H](C)CS(N)(=O)=NC(C)=O. The number of carbonyl (C=O) groups is 1. The topological polar surface area (TPSA) is 72.5 Å². The van der Waals surface area contributed by atoms with E-state index in [0.717, 1.165) is 12.8 Å². The highest BCUT2D eigenvalue weighted by Crippen LogP contribution is 2.10. The predicted molar refractivity (Wildman–Crippen MR) is 68.1 cm³/mol. The van der Waals surface area contributed by atoms with Crippen LogP contribution in [0.1, 0.15) is 40.5 Å². The summed E-state index contributed by atoms with van der Waals surface area (Å²) in [4.78, 5) is 10.7. The Labute approximate surface area is 98.6 Å². The summed E-state index contributed by atoms with van der Waals surface area (Å²) in [5.74, 6) is -0.0397. The lowest BCUT2D eigenvalue weighted by Gasteiger charge is -2.10. The molecule has 0 spiro atoms. The van der Waals surface area contributed by atoms with E-state index >= 15 is 0 Å². The molecule has 0 aliphatic rings. The van der Waals surface area contributed by atoms with Gasteiger partial charge in [0, 0.05) is 12.7 Å². The molecule has 0 aromatic heterocycles. The average Bonchev–Trinajstić information content (AvgIpc) is 2.11. The Balaban J connectivity index is 4.41. The predicted octanol–water partition coefficient (Wildman–Crippen LogP) is 2.26. The maximum Gasteiger partial charge on any atom is 0.251 e. The highest BCUT2D eigenvalue weighted by atomic mass is 32.2. The van der Waals surface area contributed by atoms with Gasteiger partial charge in [-0.15, -0.1) is 4.36 Å². The van der Waals surface area contributed by atoms with Crippen molar-refractivity contribution in [2.24, 2.45) is 15.4 Å². The van der Waals surface area contributed by atoms with Crippen LogP contribution in [0.3, 0.4) is 0 Å². The zero-order valence-electron chi connectivity index (χ0n) is 10.5. The molecular formula is C11H22N2O2S. The van der Waals surface area contributed by atoms with Crippen molar-refractivity contribution >= 4 is 15.8 Å². The minimum absolute atomic E-state index is 0.169. The lowest BCUT2D eigenvalue weighted by molar-refractivity contribution is -0.115. The number of amides is 1. The third-order valence-corrected chi connectivity index (χ3v) is 3.85. The van der Waals surface area contributed by atoms with Crippen LogP contribution in [0.5, 0.6) is 0 Å². The summed E-state index contributed by atoms with van der Waals surface area (Å²) in [6, 6.07) is 0. The van der Waals surface area contributed by atoms with Gasteiger partial charge in [0.05, 0.1) is 0 Å². The van der Waals surface area contributed by atoms with E-state index in [1.807, 2.05) is 6.92 Å². The van der Waals surface area contributed by atoms with E-state index < -0.39 is 15.8 Å². The van der Waals surface area contributed by atoms with Gasteiger partial charge in [-0.05, 0) is 25.7 Å². The Bertz CT molecular complexity index is 379. The monoisotopic (exact) mass is 246 g/mol. The van der Waals surface area contributed by atoms with Crippen molar-refractivity contribution in [3.05, 3.63) is 11.6 Å². The third kappa shape index (κ3) is 7.59. The summed E-state index contributed by atoms with van der Waals surface area (Å²) in [5.41, 5.74) is 1.30. The zero-order chi connectivity index (χ0) is 12.8. The third-order valence-electron chi connectivity index (χ3n) is 2.23. The summed E-state index contributed by atoms with van der Waals surface area (Å²) in [6.07, 6.45) is 3.96. The molecule has 0 radical (unpaired) electrons. The number of nitrogens with zero attached hydrogens (tertiary/aromatic N) is 1. The number of rotatable bonds is 5. The molecule has 2 N–H and O–H groups in total. The first-order valence-corrected chi connectivity index (χ1v) is 7.20. The van der Waals surface area contributed by atoms with Gasteiger partial charge in [0.25, 0.3) is 5.91 Å². The molecule has 0 rings (SSSR count). The molecule has 0 fully saturated rings. The van der Waals surface area contributed by atoms with E-state index in [4.69, 9.17) is 5.14 Å². The Hall–Kier alpha value is -0.680. The Kier molecular flexibility index (Phi) is 6.52. The summed E-state index contributed by atoms with van der Waals surface area (Å²) in [7, 11) is -2.84. The van der Waals surface area contributed by atoms with Gasteiger partial charge >= 0.3 is 0 Å². The average molecular weight is 246 g/mol. The van der Waals surface area contributed by atoms with Crippen molar-refractivity contribution < 1.29 is 9.00 Å². The van der Waals surface area contributed by atoms with E-state index in [0.29, 0.717) is 0 Å². The molecule has 0 aliphatic heterocycles. The van der Waals surface area contributed by atoms with E-state index in [2.05, 4.69) is 24.3 Å². The number of carbonyl (C=O) groups excluding carboxylic acids is 1. The van der Waals surface area contributed by atoms with E-state index in [9.17, 15) is 9.00 Å². The highest BCUT2D eigenvalue weighted by Gasteiger charge is 2.10. The first kappa shape index (κ1) is 15.3. The first-order chi connectivity index (χ1) is 7.26. The summed E-state index contributed by atoms with van der Waals surface area (Å²) in [6.45, 7) is 7.37. The summed E-state index contributed by atoms with van der Waals surface area (Å²) < 4.78 is 15.1. The molecule has 94 valence electrons. The molecule has 16 heavy (non-hydrogen) atoms. The Morgan fingerprint density at radius 1 is 1.50 bits per heavy atom. The van der Waals surface area contributed by atoms with Gasteiger partial charge in [-0.3, -0.25) is 4.79 Å². The maximum atomic E-state index is 11.7. The molecule has 4 nitrogen and oxygen atoms in total. The molecule has 1 amide bonds. The van der Waals surface area contributed by atoms with Crippen molar-refractivity contribution in [2.45, 2.75) is 40.5 Å². The van der Waals surface area contributed by atoms with Crippen LogP contribution in [-0.4, -0.2) is 15.9 Å². The molecule has 0 heterocycles. The van der Waals surface area contributed by atoms with Gasteiger partial charge in [0.1, 0.15) is 9.92 Å². The first-order valence-electron chi connectivity index (χ1n) is 5.45. The Morgan fingerprint density at radius 3 is 2.50 bits per heavy atom. The fraction of sp³-hybridized carbons (Fsp3) is 0.727. The van der Waals surface area contributed by atoms with Crippen LogP contribution in [0.2, 0.25) is 0 Å². The minimum Gasteiger partial charge on any atom is -0.272 e. The van der Waals surface area contributed by atoms with Crippen molar-refractivity contribution in [3.63, 3.8) is 0 Å². The van der Waals surface area contributed by atoms with Gasteiger partial charge in [-0.1, -0.05) is 25.5 Å². The molecule has 2 atom stereocenters. The maximum absolute atomic E-state index is 11.7. The largest absolute Gasteiger partial charge is 0.272 e. The van der Waals surface area contributed by atoms with E-state index in [1.54, 1.807) is 0 Å². The fourth-order valence-corrected chi connectivity index (χ4v) is 2.74. The summed E-state index contributed by atoms with van der Waals surface area (Å²) in [5, 5.41) is 5.48. The van der Waals surface area contributed by atoms with Crippen LogP contribution in [0.15, 0.2) is 16.0 Å². The van der Waals surface area contributed by atoms with Crippen LogP contribution >= 0.6 is 0 Å². The molecule has 0 saturated carbocycles. The fourth-order valence-electron chi connectivity index (χ4n) is 1.28. The van der Waals surface area contributed by atoms with Crippen molar-refractivity contribution in [1.82, 2.24) is 0 Å². The second kappa shape index (κ2) is 6.81. The van der Waals surface area contributed by atoms with Gasteiger partial charge in [-0.2, -0.15) is 0 Å². The van der Waals surface area contributed by atoms with Crippen molar-refractivity contribution in [2.75, 3.05) is 5.75 Å². The van der Waals surface area contributed by atoms with Gasteiger partial charge in [0.2, 0.25) is 0 Å². The Morgan fingerprint density at radius 2 is 2.06 bits per heavy atom. The van der Waals surface area contributed by atoms with Gasteiger partial charge in [-0.25, -0.2) is 9.35 Å². The lowest BCUT2D eigenvalue weighted by atomic mass is 10.1. The van der Waals surface area contributed by atoms with Crippen LogP contribution in [0.4, 0.5) is 0 Å². The molecule has 0 bridgehead atoms. The molecule has 0 aliphatic carbocycles. The smallest absolute Gasteiger partial charge is 0.251 e. The van der Waals surface area contributed by atoms with Crippen LogP contribution in [0.25, 0.3) is 0 Å². The van der Waals surface area contributed by atoms with Crippen LogP contribution < -0.4 is 5.14 Å². The number of allylic oxidation sites excluding steroid dienone is 2. The molecule has 0 saturated heterocycles. The lowest BCUT2D eigenvalue weighted by Crippen LogP contribution is -2.22. The van der Waals surface area contributed by atoms with Crippen molar-refractivity contribution in [1.29, 1.82) is 0 Å². The second-order valence-electron chi connectivity index (χ2n) is 4.21. The quantitative estimate of drug-likeness (QED) is 0.756. The molecule has 5 heteroatoms. The molecule has 0 aromatic carbocycles. The molecule has 1 unspecified atom stereocenters. The van der Waals surface area contributed by atoms with Crippen LogP contribution in [0, 0.1) is 5.92 Å².